The summed E-state index contributed by atoms with van der Waals surface area (Å²) in [7, 11) is 0. The lowest BCUT2D eigenvalue weighted by atomic mass is 9.52. The lowest BCUT2D eigenvalue weighted by molar-refractivity contribution is -0.150. The van der Waals surface area contributed by atoms with Gasteiger partial charge < -0.3 is 4.90 Å². The van der Waals surface area contributed by atoms with Gasteiger partial charge >= 0.3 is 0 Å². The first kappa shape index (κ1) is 14.7. The zero-order chi connectivity index (χ0) is 15.3. The molecule has 0 aliphatic heterocycles. The average Bonchev–Trinajstić information content (AvgIpc) is 2.43. The van der Waals surface area contributed by atoms with Crippen LogP contribution in [0.2, 0.25) is 0 Å². The molecular weight excluding hydrogens is 338 g/mol. The van der Waals surface area contributed by atoms with Gasteiger partial charge in [0.1, 0.15) is 0 Å². The molecule has 3 heteroatoms. The van der Waals surface area contributed by atoms with E-state index in [1.165, 1.54) is 44.1 Å². The third-order valence-corrected chi connectivity index (χ3v) is 6.68. The van der Waals surface area contributed by atoms with Crippen LogP contribution in [0.1, 0.15) is 51.0 Å². The topological polar surface area (TPSA) is 20.3 Å². The SMILES string of the molecule is CC(=O)N(Cc1cccc(Br)c1)C12CC3CC(CC(C3)C1)C2. The summed E-state index contributed by atoms with van der Waals surface area (Å²) in [5, 5.41) is 0. The van der Waals surface area contributed by atoms with Gasteiger partial charge in [0.05, 0.1) is 0 Å². The maximum atomic E-state index is 12.5. The predicted molar refractivity (Wildman–Crippen MR) is 91.3 cm³/mol. The Morgan fingerprint density at radius 3 is 2.27 bits per heavy atom. The summed E-state index contributed by atoms with van der Waals surface area (Å²) < 4.78 is 1.10. The fourth-order valence-corrected chi connectivity index (χ4v) is 6.27. The van der Waals surface area contributed by atoms with Gasteiger partial charge in [0.15, 0.2) is 0 Å². The maximum absolute atomic E-state index is 12.5. The second-order valence-electron chi connectivity index (χ2n) is 7.88. The fraction of sp³-hybridized carbons (Fsp3) is 0.632. The van der Waals surface area contributed by atoms with Gasteiger partial charge in [-0.05, 0) is 74.0 Å². The van der Waals surface area contributed by atoms with Gasteiger partial charge in [0, 0.05) is 23.5 Å². The van der Waals surface area contributed by atoms with Crippen molar-refractivity contribution in [1.82, 2.24) is 4.90 Å². The van der Waals surface area contributed by atoms with Crippen molar-refractivity contribution in [2.75, 3.05) is 0 Å². The Morgan fingerprint density at radius 1 is 1.18 bits per heavy atom. The summed E-state index contributed by atoms with van der Waals surface area (Å²) in [6.07, 6.45) is 7.98. The van der Waals surface area contributed by atoms with Crippen LogP contribution in [0.15, 0.2) is 28.7 Å². The molecule has 4 aliphatic rings. The summed E-state index contributed by atoms with van der Waals surface area (Å²) in [6, 6.07) is 8.40. The van der Waals surface area contributed by atoms with Crippen LogP contribution < -0.4 is 0 Å². The van der Waals surface area contributed by atoms with Crippen molar-refractivity contribution in [2.24, 2.45) is 17.8 Å². The third-order valence-electron chi connectivity index (χ3n) is 6.19. The molecule has 0 spiro atoms. The van der Waals surface area contributed by atoms with E-state index in [1.807, 2.05) is 6.07 Å². The molecule has 1 aromatic carbocycles. The second kappa shape index (κ2) is 5.36. The molecule has 1 amide bonds. The molecule has 4 aliphatic carbocycles. The largest absolute Gasteiger partial charge is 0.333 e. The average molecular weight is 362 g/mol. The summed E-state index contributed by atoms with van der Waals surface area (Å²) in [5.74, 6) is 2.86. The van der Waals surface area contributed by atoms with Crippen molar-refractivity contribution in [3.05, 3.63) is 34.3 Å². The standard InChI is InChI=1S/C19H24BrNO/c1-13(22)21(12-14-3-2-4-18(20)8-14)19-9-15-5-16(10-19)7-17(6-15)11-19/h2-4,8,15-17H,5-7,9-12H2,1H3. The maximum Gasteiger partial charge on any atom is 0.220 e. The Bertz CT molecular complexity index is 562. The number of hydrogen-bond acceptors (Lipinski definition) is 1. The molecule has 0 heterocycles. The fourth-order valence-electron chi connectivity index (χ4n) is 5.83. The van der Waals surface area contributed by atoms with Crippen molar-refractivity contribution >= 4 is 21.8 Å². The molecule has 0 radical (unpaired) electrons. The Balaban J connectivity index is 1.63. The highest BCUT2D eigenvalue weighted by molar-refractivity contribution is 9.10. The Hall–Kier alpha value is -0.830. The van der Waals surface area contributed by atoms with Crippen LogP contribution in [0.4, 0.5) is 0 Å². The van der Waals surface area contributed by atoms with Gasteiger partial charge in [-0.25, -0.2) is 0 Å². The molecule has 2 nitrogen and oxygen atoms in total. The van der Waals surface area contributed by atoms with Crippen LogP contribution in [-0.4, -0.2) is 16.3 Å². The molecule has 1 aromatic rings. The highest BCUT2D eigenvalue weighted by atomic mass is 79.9. The van der Waals surface area contributed by atoms with Gasteiger partial charge in [-0.15, -0.1) is 0 Å². The van der Waals surface area contributed by atoms with Gasteiger partial charge in [-0.1, -0.05) is 28.1 Å². The van der Waals surface area contributed by atoms with Crippen LogP contribution in [0, 0.1) is 17.8 Å². The normalized spacial score (nSPS) is 35.6. The molecular formula is C19H24BrNO. The quantitative estimate of drug-likeness (QED) is 0.759. The van der Waals surface area contributed by atoms with Crippen LogP contribution in [-0.2, 0) is 11.3 Å². The molecule has 118 valence electrons. The summed E-state index contributed by atoms with van der Waals surface area (Å²) >= 11 is 3.55. The van der Waals surface area contributed by atoms with Gasteiger partial charge in [0.2, 0.25) is 5.91 Å². The first-order valence-electron chi connectivity index (χ1n) is 8.57. The molecule has 0 unspecified atom stereocenters. The summed E-state index contributed by atoms with van der Waals surface area (Å²) in [4.78, 5) is 14.7. The zero-order valence-corrected chi connectivity index (χ0v) is 14.8. The van der Waals surface area contributed by atoms with Crippen molar-refractivity contribution in [2.45, 2.75) is 57.5 Å². The molecule has 4 saturated carbocycles. The van der Waals surface area contributed by atoms with Crippen molar-refractivity contribution < 1.29 is 4.79 Å². The Labute approximate surface area is 141 Å². The molecule has 22 heavy (non-hydrogen) atoms. The van der Waals surface area contributed by atoms with E-state index in [0.29, 0.717) is 0 Å². The molecule has 4 bridgehead atoms. The van der Waals surface area contributed by atoms with E-state index >= 15 is 0 Å². The monoisotopic (exact) mass is 361 g/mol. The molecule has 0 N–H and O–H groups in total. The van der Waals surface area contributed by atoms with Gasteiger partial charge in [0.25, 0.3) is 0 Å². The summed E-state index contributed by atoms with van der Waals surface area (Å²) in [6.45, 7) is 2.53. The van der Waals surface area contributed by atoms with Gasteiger partial charge in [-0.2, -0.15) is 0 Å². The Morgan fingerprint density at radius 2 is 1.77 bits per heavy atom. The van der Waals surface area contributed by atoms with E-state index in [-0.39, 0.29) is 11.4 Å². The minimum atomic E-state index is 0.156. The smallest absolute Gasteiger partial charge is 0.220 e. The molecule has 5 rings (SSSR count). The van der Waals surface area contributed by atoms with E-state index in [9.17, 15) is 4.79 Å². The number of hydrogen-bond donors (Lipinski definition) is 0. The first-order valence-corrected chi connectivity index (χ1v) is 9.36. The van der Waals surface area contributed by atoms with E-state index in [4.69, 9.17) is 0 Å². The van der Waals surface area contributed by atoms with Crippen molar-refractivity contribution in [1.29, 1.82) is 0 Å². The predicted octanol–water partition coefficient (Wildman–Crippen LogP) is 4.77. The number of carbonyl (C=O) groups excluding carboxylic acids is 1. The Kier molecular flexibility index (Phi) is 3.60. The van der Waals surface area contributed by atoms with E-state index in [2.05, 4.69) is 39.0 Å². The second-order valence-corrected chi connectivity index (χ2v) is 8.79. The zero-order valence-electron chi connectivity index (χ0n) is 13.2. The number of amides is 1. The van der Waals surface area contributed by atoms with E-state index < -0.39 is 0 Å². The molecule has 4 fully saturated rings. The van der Waals surface area contributed by atoms with E-state index in [0.717, 1.165) is 28.8 Å². The molecule has 0 atom stereocenters. The van der Waals surface area contributed by atoms with Crippen LogP contribution in [0.3, 0.4) is 0 Å². The van der Waals surface area contributed by atoms with E-state index in [1.54, 1.807) is 6.92 Å². The lowest BCUT2D eigenvalue weighted by Gasteiger charge is -2.60. The molecule has 0 aromatic heterocycles. The lowest BCUT2D eigenvalue weighted by Crippen LogP contribution is -2.60. The minimum absolute atomic E-state index is 0.156. The number of benzene rings is 1. The van der Waals surface area contributed by atoms with Crippen LogP contribution >= 0.6 is 15.9 Å². The molecule has 0 saturated heterocycles. The number of halogens is 1. The number of rotatable bonds is 3. The van der Waals surface area contributed by atoms with Crippen molar-refractivity contribution in [3.63, 3.8) is 0 Å². The van der Waals surface area contributed by atoms with Crippen LogP contribution in [0.5, 0.6) is 0 Å². The highest BCUT2D eigenvalue weighted by Gasteiger charge is 2.54. The highest BCUT2D eigenvalue weighted by Crippen LogP contribution is 2.58. The number of carbonyl (C=O) groups is 1. The number of nitrogens with zero attached hydrogens (tertiary/aromatic N) is 1. The minimum Gasteiger partial charge on any atom is -0.333 e. The van der Waals surface area contributed by atoms with Gasteiger partial charge in [-0.3, -0.25) is 4.79 Å². The first-order chi connectivity index (χ1) is 10.5. The third kappa shape index (κ3) is 2.51. The van der Waals surface area contributed by atoms with Crippen LogP contribution in [0.25, 0.3) is 0 Å². The summed E-state index contributed by atoms with van der Waals surface area (Å²) in [5.41, 5.74) is 1.39. The van der Waals surface area contributed by atoms with Crippen molar-refractivity contribution in [3.8, 4) is 0 Å².